The molecule has 1 amide bonds. The molecule has 2 rings (SSSR count). The van der Waals surface area contributed by atoms with Gasteiger partial charge in [-0.25, -0.2) is 4.98 Å². The molecule has 0 radical (unpaired) electrons. The van der Waals surface area contributed by atoms with E-state index in [2.05, 4.69) is 4.98 Å². The summed E-state index contributed by atoms with van der Waals surface area (Å²) in [5.74, 6) is -1.13. The molecule has 1 heterocycles. The third-order valence-electron chi connectivity index (χ3n) is 4.23. The zero-order chi connectivity index (χ0) is 15.5. The molecule has 0 aromatic carbocycles. The number of hydrogen-bond donors (Lipinski definition) is 1. The number of amides is 1. The number of halogens is 1. The highest BCUT2D eigenvalue weighted by molar-refractivity contribution is 6.30. The van der Waals surface area contributed by atoms with Crippen LogP contribution in [0.15, 0.2) is 18.3 Å². The van der Waals surface area contributed by atoms with Crippen LogP contribution in [0.25, 0.3) is 0 Å². The van der Waals surface area contributed by atoms with E-state index in [1.807, 2.05) is 0 Å². The molecule has 1 saturated carbocycles. The van der Waals surface area contributed by atoms with Crippen molar-refractivity contribution in [3.05, 3.63) is 29.0 Å². The van der Waals surface area contributed by atoms with Crippen LogP contribution in [0.1, 0.15) is 49.0 Å². The van der Waals surface area contributed by atoms with Crippen molar-refractivity contribution >= 4 is 23.5 Å². The average Bonchev–Trinajstić information content (AvgIpc) is 2.47. The molecule has 0 spiro atoms. The van der Waals surface area contributed by atoms with Crippen LogP contribution < -0.4 is 0 Å². The Morgan fingerprint density at radius 2 is 2.00 bits per heavy atom. The van der Waals surface area contributed by atoms with Crippen molar-refractivity contribution < 1.29 is 14.7 Å². The number of aliphatic carboxylic acids is 1. The first-order valence-corrected chi connectivity index (χ1v) is 7.44. The lowest BCUT2D eigenvalue weighted by atomic mass is 9.78. The minimum Gasteiger partial charge on any atom is -0.481 e. The highest BCUT2D eigenvalue weighted by Gasteiger charge is 2.40. The first-order valence-electron chi connectivity index (χ1n) is 7.06. The number of hydrogen-bond acceptors (Lipinski definition) is 3. The Kier molecular flexibility index (Phi) is 4.83. The van der Waals surface area contributed by atoms with Crippen LogP contribution in [0.5, 0.6) is 0 Å². The molecule has 0 saturated heterocycles. The first kappa shape index (κ1) is 15.8. The summed E-state index contributed by atoms with van der Waals surface area (Å²) < 4.78 is 0. The van der Waals surface area contributed by atoms with E-state index in [1.54, 1.807) is 24.1 Å². The van der Waals surface area contributed by atoms with Gasteiger partial charge in [-0.3, -0.25) is 9.59 Å². The smallest absolute Gasteiger partial charge is 0.305 e. The van der Waals surface area contributed by atoms with Gasteiger partial charge < -0.3 is 10.0 Å². The molecular weight excluding hydrogens is 292 g/mol. The van der Waals surface area contributed by atoms with Crippen molar-refractivity contribution in [3.63, 3.8) is 0 Å². The first-order chi connectivity index (χ1) is 9.94. The van der Waals surface area contributed by atoms with E-state index in [9.17, 15) is 14.7 Å². The van der Waals surface area contributed by atoms with Gasteiger partial charge in [0.15, 0.2) is 0 Å². The lowest BCUT2D eigenvalue weighted by molar-refractivity contribution is -0.140. The van der Waals surface area contributed by atoms with E-state index < -0.39 is 11.5 Å². The average molecular weight is 311 g/mol. The number of carboxylic acid groups (broad SMARTS) is 1. The Labute approximate surface area is 128 Å². The summed E-state index contributed by atoms with van der Waals surface area (Å²) in [6, 6.07) is 3.18. The van der Waals surface area contributed by atoms with Gasteiger partial charge in [0, 0.05) is 13.2 Å². The van der Waals surface area contributed by atoms with Gasteiger partial charge in [-0.1, -0.05) is 30.9 Å². The predicted octanol–water partition coefficient (Wildman–Crippen LogP) is 2.98. The number of carboxylic acids is 1. The molecular formula is C15H19ClN2O3. The van der Waals surface area contributed by atoms with Crippen LogP contribution in [0, 0.1) is 0 Å². The molecule has 1 aromatic rings. The Bertz CT molecular complexity index is 524. The third kappa shape index (κ3) is 3.53. The number of aromatic nitrogens is 1. The van der Waals surface area contributed by atoms with E-state index >= 15 is 0 Å². The van der Waals surface area contributed by atoms with Crippen molar-refractivity contribution in [3.8, 4) is 0 Å². The zero-order valence-electron chi connectivity index (χ0n) is 12.0. The fraction of sp³-hybridized carbons (Fsp3) is 0.533. The summed E-state index contributed by atoms with van der Waals surface area (Å²) in [6.45, 7) is 0. The van der Waals surface area contributed by atoms with Crippen LogP contribution in [-0.4, -0.2) is 39.5 Å². The van der Waals surface area contributed by atoms with Gasteiger partial charge in [-0.05, 0) is 25.0 Å². The lowest BCUT2D eigenvalue weighted by Gasteiger charge is -2.43. The molecule has 1 aromatic heterocycles. The maximum absolute atomic E-state index is 12.6. The minimum absolute atomic E-state index is 0.0250. The zero-order valence-corrected chi connectivity index (χ0v) is 12.8. The second kappa shape index (κ2) is 6.43. The molecule has 0 bridgehead atoms. The van der Waals surface area contributed by atoms with Gasteiger partial charge in [0.05, 0.1) is 17.0 Å². The van der Waals surface area contributed by atoms with Crippen LogP contribution in [-0.2, 0) is 4.79 Å². The van der Waals surface area contributed by atoms with Crippen LogP contribution in [0.3, 0.4) is 0 Å². The Hall–Kier alpha value is -1.62. The fourth-order valence-electron chi connectivity index (χ4n) is 3.01. The van der Waals surface area contributed by atoms with E-state index in [0.717, 1.165) is 32.1 Å². The lowest BCUT2D eigenvalue weighted by Crippen LogP contribution is -2.52. The summed E-state index contributed by atoms with van der Waals surface area (Å²) in [6.07, 6.45) is 5.81. The molecule has 0 aliphatic heterocycles. The molecule has 1 aliphatic carbocycles. The van der Waals surface area contributed by atoms with Crippen molar-refractivity contribution in [2.75, 3.05) is 7.05 Å². The maximum Gasteiger partial charge on any atom is 0.305 e. The molecule has 1 aliphatic rings. The van der Waals surface area contributed by atoms with Gasteiger partial charge >= 0.3 is 5.97 Å². The largest absolute Gasteiger partial charge is 0.481 e. The summed E-state index contributed by atoms with van der Waals surface area (Å²) in [5, 5.41) is 9.66. The molecule has 114 valence electrons. The molecule has 1 N–H and O–H groups in total. The topological polar surface area (TPSA) is 70.5 Å². The second-order valence-corrected chi connectivity index (χ2v) is 6.02. The van der Waals surface area contributed by atoms with Crippen molar-refractivity contribution in [2.24, 2.45) is 0 Å². The van der Waals surface area contributed by atoms with Crippen molar-refractivity contribution in [1.29, 1.82) is 0 Å². The number of pyridine rings is 1. The van der Waals surface area contributed by atoms with E-state index in [1.165, 1.54) is 6.20 Å². The number of carbonyl (C=O) groups excluding carboxylic acids is 1. The molecule has 21 heavy (non-hydrogen) atoms. The third-order valence-corrected chi connectivity index (χ3v) is 4.45. The van der Waals surface area contributed by atoms with Crippen molar-refractivity contribution in [1.82, 2.24) is 9.88 Å². The van der Waals surface area contributed by atoms with E-state index in [-0.39, 0.29) is 18.0 Å². The predicted molar refractivity (Wildman–Crippen MR) is 79.4 cm³/mol. The molecule has 6 heteroatoms. The molecule has 0 unspecified atom stereocenters. The molecule has 0 atom stereocenters. The van der Waals surface area contributed by atoms with Crippen LogP contribution >= 0.6 is 11.6 Å². The Morgan fingerprint density at radius 1 is 1.33 bits per heavy atom. The van der Waals surface area contributed by atoms with Gasteiger partial charge in [-0.2, -0.15) is 0 Å². The maximum atomic E-state index is 12.6. The number of rotatable bonds is 4. The SMILES string of the molecule is CN(C(=O)c1ccc(Cl)cn1)C1(CC(=O)O)CCCCC1. The van der Waals surface area contributed by atoms with Gasteiger partial charge in [-0.15, -0.1) is 0 Å². The summed E-state index contributed by atoms with van der Waals surface area (Å²) >= 11 is 5.78. The van der Waals surface area contributed by atoms with E-state index in [0.29, 0.717) is 5.02 Å². The Balaban J connectivity index is 2.24. The summed E-state index contributed by atoms with van der Waals surface area (Å²) in [7, 11) is 1.67. The monoisotopic (exact) mass is 310 g/mol. The van der Waals surface area contributed by atoms with Gasteiger partial charge in [0.1, 0.15) is 5.69 Å². The summed E-state index contributed by atoms with van der Waals surface area (Å²) in [4.78, 5) is 29.4. The molecule has 5 nitrogen and oxygen atoms in total. The van der Waals surface area contributed by atoms with Gasteiger partial charge in [0.25, 0.3) is 5.91 Å². The van der Waals surface area contributed by atoms with Crippen molar-refractivity contribution in [2.45, 2.75) is 44.1 Å². The number of nitrogens with zero attached hydrogens (tertiary/aromatic N) is 2. The standard InChI is InChI=1S/C15H19ClN2O3/c1-18(14(21)12-6-5-11(16)10-17-12)15(9-13(19)20)7-3-2-4-8-15/h5-6,10H,2-4,7-9H2,1H3,(H,19,20). The second-order valence-electron chi connectivity index (χ2n) is 5.58. The fourth-order valence-corrected chi connectivity index (χ4v) is 3.12. The van der Waals surface area contributed by atoms with Crippen LogP contribution in [0.2, 0.25) is 5.02 Å². The Morgan fingerprint density at radius 3 is 2.52 bits per heavy atom. The summed E-state index contributed by atoms with van der Waals surface area (Å²) in [5.41, 5.74) is -0.320. The highest BCUT2D eigenvalue weighted by Crippen LogP contribution is 2.36. The van der Waals surface area contributed by atoms with E-state index in [4.69, 9.17) is 11.6 Å². The van der Waals surface area contributed by atoms with Gasteiger partial charge in [0.2, 0.25) is 0 Å². The number of carbonyl (C=O) groups is 2. The normalized spacial score (nSPS) is 17.2. The quantitative estimate of drug-likeness (QED) is 0.928. The molecule has 1 fully saturated rings. The minimum atomic E-state index is -0.874. The van der Waals surface area contributed by atoms with Crippen LogP contribution in [0.4, 0.5) is 0 Å². The highest BCUT2D eigenvalue weighted by atomic mass is 35.5.